The molecule has 0 atom stereocenters. The molecule has 0 saturated carbocycles. The summed E-state index contributed by atoms with van der Waals surface area (Å²) < 4.78 is 93.9. The SMILES string of the molecule is CC(=O)Oc1cc(C)cc(C(F)(C(F)(F)F)C(F)(F)F)c1. The number of ether oxygens (including phenoxy) is 1. The number of rotatable bonds is 2. The summed E-state index contributed by atoms with van der Waals surface area (Å²) in [4.78, 5) is 10.7. The van der Waals surface area contributed by atoms with Crippen LogP contribution in [0.5, 0.6) is 5.75 Å². The van der Waals surface area contributed by atoms with Crippen molar-refractivity contribution in [3.8, 4) is 5.75 Å². The normalized spacial score (nSPS) is 13.2. The van der Waals surface area contributed by atoms with E-state index in [1.165, 1.54) is 0 Å². The Morgan fingerprint density at radius 2 is 1.43 bits per heavy atom. The summed E-state index contributed by atoms with van der Waals surface area (Å²) in [7, 11) is 0. The minimum Gasteiger partial charge on any atom is -0.427 e. The van der Waals surface area contributed by atoms with E-state index in [-0.39, 0.29) is 11.6 Å². The fraction of sp³-hybridized carbons (Fsp3) is 0.417. The van der Waals surface area contributed by atoms with Crippen molar-refractivity contribution >= 4 is 5.97 Å². The molecular formula is C12H9F7O2. The zero-order chi connectivity index (χ0) is 16.6. The summed E-state index contributed by atoms with van der Waals surface area (Å²) in [5, 5.41) is 0. The van der Waals surface area contributed by atoms with E-state index < -0.39 is 35.3 Å². The Labute approximate surface area is 114 Å². The van der Waals surface area contributed by atoms with Crippen LogP contribution in [0.2, 0.25) is 0 Å². The summed E-state index contributed by atoms with van der Waals surface area (Å²) in [5.41, 5.74) is -7.38. The molecule has 0 bridgehead atoms. The van der Waals surface area contributed by atoms with Crippen molar-refractivity contribution in [1.29, 1.82) is 0 Å². The van der Waals surface area contributed by atoms with Crippen LogP contribution in [0.3, 0.4) is 0 Å². The lowest BCUT2D eigenvalue weighted by molar-refractivity contribution is -0.348. The van der Waals surface area contributed by atoms with Gasteiger partial charge in [-0.15, -0.1) is 0 Å². The highest BCUT2D eigenvalue weighted by atomic mass is 19.4. The molecule has 0 amide bonds. The van der Waals surface area contributed by atoms with Gasteiger partial charge in [-0.1, -0.05) is 6.07 Å². The second-order valence-corrected chi connectivity index (χ2v) is 4.28. The van der Waals surface area contributed by atoms with E-state index in [1.54, 1.807) is 0 Å². The molecule has 21 heavy (non-hydrogen) atoms. The van der Waals surface area contributed by atoms with Crippen LogP contribution in [0.25, 0.3) is 0 Å². The van der Waals surface area contributed by atoms with Crippen LogP contribution in [0.15, 0.2) is 18.2 Å². The largest absolute Gasteiger partial charge is 0.435 e. The van der Waals surface area contributed by atoms with Gasteiger partial charge in [0.15, 0.2) is 0 Å². The molecular weight excluding hydrogens is 309 g/mol. The Kier molecular flexibility index (Phi) is 4.27. The first-order chi connectivity index (χ1) is 9.29. The Hall–Kier alpha value is -1.80. The van der Waals surface area contributed by atoms with Crippen molar-refractivity contribution in [2.45, 2.75) is 31.9 Å². The van der Waals surface area contributed by atoms with E-state index in [1.807, 2.05) is 0 Å². The first-order valence-corrected chi connectivity index (χ1v) is 5.42. The van der Waals surface area contributed by atoms with Crippen LogP contribution in [0.1, 0.15) is 18.1 Å². The molecule has 1 aromatic rings. The second-order valence-electron chi connectivity index (χ2n) is 4.28. The van der Waals surface area contributed by atoms with E-state index in [4.69, 9.17) is 0 Å². The molecule has 118 valence electrons. The molecule has 0 aliphatic rings. The third-order valence-electron chi connectivity index (χ3n) is 2.49. The summed E-state index contributed by atoms with van der Waals surface area (Å²) in [6, 6.07) is 1.61. The van der Waals surface area contributed by atoms with Crippen molar-refractivity contribution in [2.75, 3.05) is 0 Å². The van der Waals surface area contributed by atoms with Gasteiger partial charge in [0.25, 0.3) is 0 Å². The van der Waals surface area contributed by atoms with Crippen LogP contribution < -0.4 is 4.74 Å². The van der Waals surface area contributed by atoms with E-state index in [2.05, 4.69) is 4.74 Å². The zero-order valence-electron chi connectivity index (χ0n) is 10.7. The Morgan fingerprint density at radius 1 is 0.952 bits per heavy atom. The molecule has 0 N–H and O–H groups in total. The molecule has 0 aliphatic carbocycles. The maximum absolute atomic E-state index is 13.8. The Morgan fingerprint density at radius 3 is 1.81 bits per heavy atom. The minimum atomic E-state index is -6.22. The number of alkyl halides is 7. The number of hydrogen-bond acceptors (Lipinski definition) is 2. The van der Waals surface area contributed by atoms with Gasteiger partial charge in [-0.05, 0) is 24.6 Å². The zero-order valence-corrected chi connectivity index (χ0v) is 10.7. The fourth-order valence-corrected chi connectivity index (χ4v) is 1.66. The molecule has 1 rings (SSSR count). The monoisotopic (exact) mass is 318 g/mol. The van der Waals surface area contributed by atoms with Crippen molar-refractivity contribution in [3.05, 3.63) is 29.3 Å². The molecule has 2 nitrogen and oxygen atoms in total. The van der Waals surface area contributed by atoms with Gasteiger partial charge in [0.05, 0.1) is 0 Å². The molecule has 0 fully saturated rings. The number of halogens is 7. The van der Waals surface area contributed by atoms with Crippen LogP contribution in [-0.4, -0.2) is 18.3 Å². The summed E-state index contributed by atoms with van der Waals surface area (Å²) in [6.07, 6.45) is -12.4. The standard InChI is InChI=1S/C12H9F7O2/c1-6-3-8(5-9(4-6)21-7(2)20)10(13,11(14,15)16)12(17,18)19/h3-5H,1-2H3. The summed E-state index contributed by atoms with van der Waals surface area (Å²) >= 11 is 0. The number of carbonyl (C=O) groups is 1. The van der Waals surface area contributed by atoms with Crippen molar-refractivity contribution in [3.63, 3.8) is 0 Å². The van der Waals surface area contributed by atoms with Crippen LogP contribution >= 0.6 is 0 Å². The van der Waals surface area contributed by atoms with Gasteiger partial charge in [0.2, 0.25) is 0 Å². The van der Waals surface area contributed by atoms with Crippen molar-refractivity contribution in [1.82, 2.24) is 0 Å². The molecule has 0 radical (unpaired) electrons. The summed E-state index contributed by atoms with van der Waals surface area (Å²) in [5.74, 6) is -1.57. The highest BCUT2D eigenvalue weighted by Crippen LogP contribution is 2.53. The van der Waals surface area contributed by atoms with Crippen LogP contribution in [0, 0.1) is 6.92 Å². The Bertz CT molecular complexity index is 532. The quantitative estimate of drug-likeness (QED) is 0.464. The number of benzene rings is 1. The number of esters is 1. The average Bonchev–Trinajstić information content (AvgIpc) is 2.22. The van der Waals surface area contributed by atoms with E-state index in [9.17, 15) is 35.5 Å². The van der Waals surface area contributed by atoms with Gasteiger partial charge in [0, 0.05) is 12.5 Å². The van der Waals surface area contributed by atoms with E-state index >= 15 is 0 Å². The third kappa shape index (κ3) is 3.27. The molecule has 0 aliphatic heterocycles. The average molecular weight is 318 g/mol. The number of hydrogen-bond donors (Lipinski definition) is 0. The third-order valence-corrected chi connectivity index (χ3v) is 2.49. The molecule has 0 aromatic heterocycles. The smallest absolute Gasteiger partial charge is 0.427 e. The lowest BCUT2D eigenvalue weighted by atomic mass is 9.92. The topological polar surface area (TPSA) is 26.3 Å². The lowest BCUT2D eigenvalue weighted by Gasteiger charge is -2.30. The molecule has 1 aromatic carbocycles. The van der Waals surface area contributed by atoms with Gasteiger partial charge < -0.3 is 4.74 Å². The van der Waals surface area contributed by atoms with E-state index in [0.29, 0.717) is 6.07 Å². The van der Waals surface area contributed by atoms with Crippen molar-refractivity contribution in [2.24, 2.45) is 0 Å². The first-order valence-electron chi connectivity index (χ1n) is 5.42. The highest BCUT2D eigenvalue weighted by molar-refractivity contribution is 5.69. The molecule has 0 unspecified atom stereocenters. The van der Waals surface area contributed by atoms with Gasteiger partial charge >= 0.3 is 24.0 Å². The number of carbonyl (C=O) groups excluding carboxylic acids is 1. The van der Waals surface area contributed by atoms with Gasteiger partial charge in [-0.3, -0.25) is 4.79 Å². The van der Waals surface area contributed by atoms with Gasteiger partial charge in [-0.2, -0.15) is 26.3 Å². The fourth-order valence-electron chi connectivity index (χ4n) is 1.66. The molecule has 0 heterocycles. The number of aryl methyl sites for hydroxylation is 1. The van der Waals surface area contributed by atoms with Gasteiger partial charge in [-0.25, -0.2) is 4.39 Å². The van der Waals surface area contributed by atoms with Crippen LogP contribution in [-0.2, 0) is 10.5 Å². The lowest BCUT2D eigenvalue weighted by Crippen LogP contribution is -2.50. The molecule has 0 saturated heterocycles. The van der Waals surface area contributed by atoms with Crippen molar-refractivity contribution < 1.29 is 40.3 Å². The second kappa shape index (κ2) is 5.19. The maximum Gasteiger partial charge on any atom is 0.435 e. The molecule has 9 heteroatoms. The molecule has 0 spiro atoms. The maximum atomic E-state index is 13.8. The highest BCUT2D eigenvalue weighted by Gasteiger charge is 2.73. The predicted molar refractivity (Wildman–Crippen MR) is 57.4 cm³/mol. The van der Waals surface area contributed by atoms with Gasteiger partial charge in [0.1, 0.15) is 5.75 Å². The predicted octanol–water partition coefficient (Wildman–Crippen LogP) is 4.21. The Balaban J connectivity index is 3.53. The minimum absolute atomic E-state index is 0.126. The van der Waals surface area contributed by atoms with E-state index in [0.717, 1.165) is 19.9 Å². The first kappa shape index (κ1) is 17.3. The van der Waals surface area contributed by atoms with Crippen LogP contribution in [0.4, 0.5) is 30.7 Å². The summed E-state index contributed by atoms with van der Waals surface area (Å²) in [6.45, 7) is 2.04.